The van der Waals surface area contributed by atoms with Gasteiger partial charge in [-0.15, -0.1) is 10.2 Å². The van der Waals surface area contributed by atoms with Crippen molar-refractivity contribution in [3.63, 3.8) is 0 Å². The third-order valence-corrected chi connectivity index (χ3v) is 3.90. The Morgan fingerprint density at radius 2 is 1.23 bits per heavy atom. The van der Waals surface area contributed by atoms with E-state index in [9.17, 15) is 0 Å². The molecule has 0 fully saturated rings. The average molecular weight is 285 g/mol. The van der Waals surface area contributed by atoms with E-state index in [1.807, 2.05) is 43.4 Å². The molecule has 0 bridgehead atoms. The summed E-state index contributed by atoms with van der Waals surface area (Å²) in [5, 5.41) is 10.1. The smallest absolute Gasteiger partial charge is 0.117 e. The summed E-state index contributed by atoms with van der Waals surface area (Å²) in [7, 11) is 2.05. The van der Waals surface area contributed by atoms with Crippen molar-refractivity contribution >= 4 is 10.9 Å². The lowest BCUT2D eigenvalue weighted by atomic mass is 10.1. The van der Waals surface area contributed by atoms with Crippen LogP contribution in [0.15, 0.2) is 72.9 Å². The summed E-state index contributed by atoms with van der Waals surface area (Å²) in [5.74, 6) is 0. The Balaban J connectivity index is 2.02. The predicted octanol–water partition coefficient (Wildman–Crippen LogP) is 4.30. The first kappa shape index (κ1) is 12.8. The van der Waals surface area contributed by atoms with Crippen molar-refractivity contribution in [1.29, 1.82) is 0 Å². The molecule has 4 rings (SSSR count). The maximum Gasteiger partial charge on any atom is 0.117 e. The fraction of sp³-hybridized carbons (Fsp3) is 0.0526. The number of rotatable bonds is 2. The second-order valence-electron chi connectivity index (χ2n) is 5.32. The number of benzene rings is 2. The summed E-state index contributed by atoms with van der Waals surface area (Å²) in [6.07, 6.45) is 2.06. The summed E-state index contributed by atoms with van der Waals surface area (Å²) in [4.78, 5) is 0. The van der Waals surface area contributed by atoms with Crippen LogP contribution >= 0.6 is 0 Å². The summed E-state index contributed by atoms with van der Waals surface area (Å²) in [6.45, 7) is 0. The lowest BCUT2D eigenvalue weighted by Gasteiger charge is -2.08. The maximum absolute atomic E-state index is 4.52. The highest BCUT2D eigenvalue weighted by Gasteiger charge is 2.14. The molecule has 4 aromatic rings. The molecular weight excluding hydrogens is 270 g/mol. The molecule has 0 aliphatic rings. The van der Waals surface area contributed by atoms with Gasteiger partial charge in [0.1, 0.15) is 11.4 Å². The van der Waals surface area contributed by atoms with Gasteiger partial charge in [-0.05, 0) is 6.07 Å². The van der Waals surface area contributed by atoms with Gasteiger partial charge in [0.15, 0.2) is 0 Å². The van der Waals surface area contributed by atoms with E-state index in [-0.39, 0.29) is 0 Å². The lowest BCUT2D eigenvalue weighted by Crippen LogP contribution is -1.96. The molecule has 22 heavy (non-hydrogen) atoms. The van der Waals surface area contributed by atoms with E-state index < -0.39 is 0 Å². The van der Waals surface area contributed by atoms with Gasteiger partial charge in [-0.3, -0.25) is 0 Å². The van der Waals surface area contributed by atoms with Gasteiger partial charge in [0.05, 0.1) is 5.52 Å². The molecule has 0 unspecified atom stereocenters. The fourth-order valence-electron chi connectivity index (χ4n) is 2.82. The molecule has 0 aliphatic carbocycles. The number of fused-ring (bicyclic) bond motifs is 1. The Morgan fingerprint density at radius 1 is 0.682 bits per heavy atom. The van der Waals surface area contributed by atoms with Crippen molar-refractivity contribution in [2.45, 2.75) is 0 Å². The molecule has 3 nitrogen and oxygen atoms in total. The highest BCUT2D eigenvalue weighted by Crippen LogP contribution is 2.32. The molecular formula is C19H15N3. The maximum atomic E-state index is 4.52. The van der Waals surface area contributed by atoms with Gasteiger partial charge in [-0.25, -0.2) is 0 Å². The Morgan fingerprint density at radius 3 is 1.86 bits per heavy atom. The topological polar surface area (TPSA) is 30.7 Å². The van der Waals surface area contributed by atoms with Crippen LogP contribution in [0.4, 0.5) is 0 Å². The van der Waals surface area contributed by atoms with Crippen molar-refractivity contribution in [3.8, 4) is 22.5 Å². The molecule has 0 amide bonds. The Bertz CT molecular complexity index is 925. The van der Waals surface area contributed by atoms with Crippen molar-refractivity contribution in [2.75, 3.05) is 0 Å². The van der Waals surface area contributed by atoms with Crippen LogP contribution in [-0.4, -0.2) is 14.8 Å². The summed E-state index contributed by atoms with van der Waals surface area (Å²) >= 11 is 0. The highest BCUT2D eigenvalue weighted by atomic mass is 15.1. The number of aryl methyl sites for hydroxylation is 1. The molecule has 0 saturated carbocycles. The summed E-state index contributed by atoms with van der Waals surface area (Å²) in [6, 6.07) is 22.5. The van der Waals surface area contributed by atoms with Gasteiger partial charge in [-0.2, -0.15) is 0 Å². The first-order valence-corrected chi connectivity index (χ1v) is 7.27. The summed E-state index contributed by atoms with van der Waals surface area (Å²) < 4.78 is 2.11. The van der Waals surface area contributed by atoms with Gasteiger partial charge in [-0.1, -0.05) is 60.7 Å². The first-order valence-electron chi connectivity index (χ1n) is 7.27. The molecule has 2 aromatic heterocycles. The van der Waals surface area contributed by atoms with E-state index in [4.69, 9.17) is 0 Å². The van der Waals surface area contributed by atoms with E-state index >= 15 is 0 Å². The van der Waals surface area contributed by atoms with Crippen molar-refractivity contribution in [2.24, 2.45) is 7.05 Å². The fourth-order valence-corrected chi connectivity index (χ4v) is 2.82. The van der Waals surface area contributed by atoms with E-state index in [1.165, 1.54) is 0 Å². The molecule has 2 aromatic carbocycles. The van der Waals surface area contributed by atoms with Crippen LogP contribution in [0.3, 0.4) is 0 Å². The molecule has 106 valence electrons. The number of hydrogen-bond donors (Lipinski definition) is 0. The first-order chi connectivity index (χ1) is 10.8. The monoisotopic (exact) mass is 285 g/mol. The minimum atomic E-state index is 0.919. The molecule has 0 saturated heterocycles. The van der Waals surface area contributed by atoms with Gasteiger partial charge in [0, 0.05) is 29.8 Å². The zero-order valence-electron chi connectivity index (χ0n) is 12.3. The van der Waals surface area contributed by atoms with Crippen molar-refractivity contribution in [3.05, 3.63) is 72.9 Å². The van der Waals surface area contributed by atoms with Crippen LogP contribution in [0.2, 0.25) is 0 Å². The quantitative estimate of drug-likeness (QED) is 0.549. The number of hydrogen-bond acceptors (Lipinski definition) is 2. The van der Waals surface area contributed by atoms with E-state index in [0.717, 1.165) is 33.4 Å². The molecule has 0 atom stereocenters. The Labute approximate surface area is 128 Å². The third-order valence-electron chi connectivity index (χ3n) is 3.90. The SMILES string of the molecule is Cn1ccc2c(-c3ccccc3)nnc(-c3ccccc3)c21. The predicted molar refractivity (Wildman–Crippen MR) is 89.4 cm³/mol. The standard InChI is InChI=1S/C19H15N3/c1-22-13-12-16-17(14-8-4-2-5-9-14)20-21-18(19(16)22)15-10-6-3-7-11-15/h2-13H,1H3. The van der Waals surface area contributed by atoms with Crippen LogP contribution in [0.5, 0.6) is 0 Å². The average Bonchev–Trinajstić information content (AvgIpc) is 2.98. The molecule has 0 aliphatic heterocycles. The van der Waals surface area contributed by atoms with E-state index in [0.29, 0.717) is 0 Å². The lowest BCUT2D eigenvalue weighted by molar-refractivity contribution is 0.956. The molecule has 2 heterocycles. The number of aromatic nitrogens is 3. The van der Waals surface area contributed by atoms with Crippen LogP contribution in [0, 0.1) is 0 Å². The largest absolute Gasteiger partial charge is 0.349 e. The minimum Gasteiger partial charge on any atom is -0.349 e. The highest BCUT2D eigenvalue weighted by molar-refractivity contribution is 6.00. The van der Waals surface area contributed by atoms with Crippen LogP contribution in [-0.2, 0) is 7.05 Å². The van der Waals surface area contributed by atoms with E-state index in [2.05, 4.69) is 51.3 Å². The second-order valence-corrected chi connectivity index (χ2v) is 5.32. The van der Waals surface area contributed by atoms with Crippen LogP contribution in [0.1, 0.15) is 0 Å². The second kappa shape index (κ2) is 5.11. The Hall–Kier alpha value is -2.94. The molecule has 0 spiro atoms. The zero-order valence-corrected chi connectivity index (χ0v) is 12.3. The summed E-state index contributed by atoms with van der Waals surface area (Å²) in [5.41, 5.74) is 5.13. The molecule has 0 radical (unpaired) electrons. The van der Waals surface area contributed by atoms with Gasteiger partial charge in [0.25, 0.3) is 0 Å². The molecule has 0 N–H and O–H groups in total. The third kappa shape index (κ3) is 1.99. The molecule has 3 heteroatoms. The van der Waals surface area contributed by atoms with Crippen molar-refractivity contribution in [1.82, 2.24) is 14.8 Å². The van der Waals surface area contributed by atoms with Crippen molar-refractivity contribution < 1.29 is 0 Å². The normalized spacial score (nSPS) is 11.0. The Kier molecular flexibility index (Phi) is 2.97. The zero-order chi connectivity index (χ0) is 14.9. The van der Waals surface area contributed by atoms with E-state index in [1.54, 1.807) is 0 Å². The number of nitrogens with zero attached hydrogens (tertiary/aromatic N) is 3. The van der Waals surface area contributed by atoms with Gasteiger partial charge < -0.3 is 4.57 Å². The minimum absolute atomic E-state index is 0.919. The van der Waals surface area contributed by atoms with Gasteiger partial charge >= 0.3 is 0 Å². The van der Waals surface area contributed by atoms with Gasteiger partial charge in [0.2, 0.25) is 0 Å². The van der Waals surface area contributed by atoms with Crippen LogP contribution in [0.25, 0.3) is 33.4 Å². The van der Waals surface area contributed by atoms with Crippen LogP contribution < -0.4 is 0 Å².